The van der Waals surface area contributed by atoms with Gasteiger partial charge in [-0.05, 0) is 24.6 Å². The zero-order valence-corrected chi connectivity index (χ0v) is 7.51. The topological polar surface area (TPSA) is 43.1 Å². The highest BCUT2D eigenvalue weighted by Crippen LogP contribution is 2.14. The molecular weight excluding hydrogens is 174 g/mol. The first-order valence-corrected chi connectivity index (χ1v) is 4.00. The summed E-state index contributed by atoms with van der Waals surface area (Å²) < 4.78 is 0. The molecule has 2 nitrogen and oxygen atoms in total. The minimum absolute atomic E-state index is 0.0441. The summed E-state index contributed by atoms with van der Waals surface area (Å²) in [5.41, 5.74) is 6.39. The van der Waals surface area contributed by atoms with E-state index in [2.05, 4.69) is 0 Å². The third-order valence-electron chi connectivity index (χ3n) is 1.67. The Bertz CT molecular complexity index is 281. The van der Waals surface area contributed by atoms with Crippen molar-refractivity contribution in [1.29, 1.82) is 0 Å². The largest absolute Gasteiger partial charge is 0.318 e. The fourth-order valence-electron chi connectivity index (χ4n) is 0.905. The average molecular weight is 184 g/mol. The molecule has 1 aromatic carbocycles. The van der Waals surface area contributed by atoms with E-state index in [1.165, 1.54) is 6.92 Å². The van der Waals surface area contributed by atoms with Crippen molar-refractivity contribution in [2.75, 3.05) is 0 Å². The van der Waals surface area contributed by atoms with Gasteiger partial charge in [0.15, 0.2) is 5.78 Å². The van der Waals surface area contributed by atoms with Gasteiger partial charge in [0.25, 0.3) is 0 Å². The van der Waals surface area contributed by atoms with Crippen molar-refractivity contribution in [2.24, 2.45) is 5.73 Å². The van der Waals surface area contributed by atoms with Crippen molar-refractivity contribution >= 4 is 17.4 Å². The molecule has 0 aliphatic rings. The number of carbonyl (C=O) groups is 1. The molecule has 0 radical (unpaired) electrons. The summed E-state index contributed by atoms with van der Waals surface area (Å²) in [5.74, 6) is -0.0441. The van der Waals surface area contributed by atoms with E-state index in [1.54, 1.807) is 24.3 Å². The van der Waals surface area contributed by atoms with E-state index in [0.717, 1.165) is 5.56 Å². The molecule has 0 spiro atoms. The van der Waals surface area contributed by atoms with Crippen LogP contribution in [0.5, 0.6) is 0 Å². The first-order chi connectivity index (χ1) is 5.61. The van der Waals surface area contributed by atoms with E-state index < -0.39 is 6.04 Å². The van der Waals surface area contributed by atoms with Crippen molar-refractivity contribution in [3.63, 3.8) is 0 Å². The molecule has 0 heterocycles. The van der Waals surface area contributed by atoms with Gasteiger partial charge in [0.05, 0.1) is 6.04 Å². The molecule has 3 heteroatoms. The lowest BCUT2D eigenvalue weighted by Gasteiger charge is -2.06. The van der Waals surface area contributed by atoms with E-state index in [-0.39, 0.29) is 5.78 Å². The first-order valence-electron chi connectivity index (χ1n) is 3.63. The predicted octanol–water partition coefficient (Wildman–Crippen LogP) is 1.93. The van der Waals surface area contributed by atoms with Crippen molar-refractivity contribution in [1.82, 2.24) is 0 Å². The fourth-order valence-corrected chi connectivity index (χ4v) is 1.03. The highest BCUT2D eigenvalue weighted by Gasteiger charge is 2.09. The lowest BCUT2D eigenvalue weighted by atomic mass is 10.1. The van der Waals surface area contributed by atoms with Crippen molar-refractivity contribution in [3.05, 3.63) is 34.9 Å². The normalized spacial score (nSPS) is 12.6. The smallest absolute Gasteiger partial charge is 0.150 e. The lowest BCUT2D eigenvalue weighted by Crippen LogP contribution is -2.18. The molecule has 1 aromatic rings. The van der Waals surface area contributed by atoms with Gasteiger partial charge in [-0.15, -0.1) is 0 Å². The molecule has 1 rings (SSSR count). The number of rotatable bonds is 2. The molecule has 12 heavy (non-hydrogen) atoms. The second-order valence-corrected chi connectivity index (χ2v) is 3.08. The number of hydrogen-bond donors (Lipinski definition) is 1. The SMILES string of the molecule is CC(=O)C(N)c1ccc(Cl)cc1. The van der Waals surface area contributed by atoms with Crippen molar-refractivity contribution in [3.8, 4) is 0 Å². The molecule has 1 atom stereocenters. The molecule has 0 bridgehead atoms. The second-order valence-electron chi connectivity index (χ2n) is 2.64. The maximum absolute atomic E-state index is 10.9. The van der Waals surface area contributed by atoms with Crippen molar-refractivity contribution in [2.45, 2.75) is 13.0 Å². The highest BCUT2D eigenvalue weighted by molar-refractivity contribution is 6.30. The van der Waals surface area contributed by atoms with Gasteiger partial charge in [-0.3, -0.25) is 4.79 Å². The Labute approximate surface area is 76.3 Å². The van der Waals surface area contributed by atoms with E-state index in [9.17, 15) is 4.79 Å². The van der Waals surface area contributed by atoms with E-state index in [4.69, 9.17) is 17.3 Å². The zero-order chi connectivity index (χ0) is 9.14. The van der Waals surface area contributed by atoms with Crippen LogP contribution in [0.2, 0.25) is 5.02 Å². The van der Waals surface area contributed by atoms with Crippen LogP contribution in [0.25, 0.3) is 0 Å². The quantitative estimate of drug-likeness (QED) is 0.762. The summed E-state index contributed by atoms with van der Waals surface area (Å²) in [4.78, 5) is 10.9. The maximum atomic E-state index is 10.9. The van der Waals surface area contributed by atoms with Crippen LogP contribution in [0.15, 0.2) is 24.3 Å². The molecule has 0 fully saturated rings. The summed E-state index contributed by atoms with van der Waals surface area (Å²) in [7, 11) is 0. The molecule has 0 aliphatic carbocycles. The van der Waals surface area contributed by atoms with Crippen LogP contribution >= 0.6 is 11.6 Å². The number of carbonyl (C=O) groups excluding carboxylic acids is 1. The number of hydrogen-bond acceptors (Lipinski definition) is 2. The standard InChI is InChI=1S/C9H10ClNO/c1-6(12)9(11)7-2-4-8(10)5-3-7/h2-5,9H,11H2,1H3. The van der Waals surface area contributed by atoms with E-state index >= 15 is 0 Å². The summed E-state index contributed by atoms with van der Waals surface area (Å²) in [6, 6.07) is 6.43. The molecule has 1 unspecified atom stereocenters. The molecule has 0 amide bonds. The minimum atomic E-state index is -0.526. The van der Waals surface area contributed by atoms with Crippen LogP contribution in [0.1, 0.15) is 18.5 Å². The molecule has 2 N–H and O–H groups in total. The van der Waals surface area contributed by atoms with Gasteiger partial charge in [-0.2, -0.15) is 0 Å². The minimum Gasteiger partial charge on any atom is -0.318 e. The monoisotopic (exact) mass is 183 g/mol. The molecule has 0 aliphatic heterocycles. The van der Waals surface area contributed by atoms with E-state index in [0.29, 0.717) is 5.02 Å². The van der Waals surface area contributed by atoms with Gasteiger partial charge in [0, 0.05) is 5.02 Å². The third kappa shape index (κ3) is 2.06. The molecule has 0 aromatic heterocycles. The van der Waals surface area contributed by atoms with Gasteiger partial charge < -0.3 is 5.73 Å². The van der Waals surface area contributed by atoms with Crippen LogP contribution in [0, 0.1) is 0 Å². The highest BCUT2D eigenvalue weighted by atomic mass is 35.5. The average Bonchev–Trinajstić information content (AvgIpc) is 2.04. The number of ketones is 1. The Kier molecular flexibility index (Phi) is 2.84. The predicted molar refractivity (Wildman–Crippen MR) is 49.1 cm³/mol. The first kappa shape index (κ1) is 9.23. The van der Waals surface area contributed by atoms with Gasteiger partial charge in [-0.25, -0.2) is 0 Å². The zero-order valence-electron chi connectivity index (χ0n) is 6.75. The van der Waals surface area contributed by atoms with E-state index in [1.807, 2.05) is 0 Å². The van der Waals surface area contributed by atoms with Gasteiger partial charge in [0.1, 0.15) is 0 Å². The fraction of sp³-hybridized carbons (Fsp3) is 0.222. The Morgan fingerprint density at radius 1 is 1.42 bits per heavy atom. The van der Waals surface area contributed by atoms with Crippen LogP contribution in [-0.2, 0) is 4.79 Å². The van der Waals surface area contributed by atoms with Crippen LogP contribution in [0.4, 0.5) is 0 Å². The number of Topliss-reactive ketones (excluding diaryl/α,β-unsaturated/α-hetero) is 1. The summed E-state index contributed by atoms with van der Waals surface area (Å²) in [5, 5.41) is 0.648. The summed E-state index contributed by atoms with van der Waals surface area (Å²) in [6.45, 7) is 1.47. The number of nitrogens with two attached hydrogens (primary N) is 1. The Hall–Kier alpha value is -0.860. The third-order valence-corrected chi connectivity index (χ3v) is 1.92. The second kappa shape index (κ2) is 3.70. The lowest BCUT2D eigenvalue weighted by molar-refractivity contribution is -0.118. The van der Waals surface area contributed by atoms with Crippen LogP contribution in [-0.4, -0.2) is 5.78 Å². The Morgan fingerprint density at radius 2 is 1.92 bits per heavy atom. The maximum Gasteiger partial charge on any atom is 0.150 e. The van der Waals surface area contributed by atoms with Crippen molar-refractivity contribution < 1.29 is 4.79 Å². The Morgan fingerprint density at radius 3 is 2.33 bits per heavy atom. The van der Waals surface area contributed by atoms with Gasteiger partial charge >= 0.3 is 0 Å². The van der Waals surface area contributed by atoms with Gasteiger partial charge in [0.2, 0.25) is 0 Å². The molecular formula is C9H10ClNO. The molecule has 64 valence electrons. The van der Waals surface area contributed by atoms with Gasteiger partial charge in [-0.1, -0.05) is 23.7 Å². The van der Waals surface area contributed by atoms with Crippen LogP contribution in [0.3, 0.4) is 0 Å². The van der Waals surface area contributed by atoms with Crippen LogP contribution < -0.4 is 5.73 Å². The molecule has 0 saturated carbocycles. The summed E-state index contributed by atoms with van der Waals surface area (Å²) in [6.07, 6.45) is 0. The number of benzene rings is 1. The Balaban J connectivity index is 2.89. The number of halogens is 1. The summed E-state index contributed by atoms with van der Waals surface area (Å²) >= 11 is 5.67. The molecule has 0 saturated heterocycles.